The molecule has 1 fully saturated rings. The topological polar surface area (TPSA) is 57.6 Å². The first-order valence-electron chi connectivity index (χ1n) is 4.67. The molecule has 1 unspecified atom stereocenters. The van der Waals surface area contributed by atoms with Crippen molar-refractivity contribution < 1.29 is 23.5 Å². The average molecular weight is 221 g/mol. The number of alkyl halides is 2. The van der Waals surface area contributed by atoms with Crippen LogP contribution in [0.25, 0.3) is 0 Å². The zero-order valence-corrected chi connectivity index (χ0v) is 8.37. The Morgan fingerprint density at radius 1 is 1.47 bits per heavy atom. The van der Waals surface area contributed by atoms with Crippen molar-refractivity contribution in [1.82, 2.24) is 4.90 Å². The summed E-state index contributed by atoms with van der Waals surface area (Å²) in [6, 6.07) is 0. The van der Waals surface area contributed by atoms with Crippen molar-refractivity contribution >= 4 is 11.9 Å². The minimum absolute atomic E-state index is 0.133. The standard InChI is InChI=1S/C9H13F2NO3/c1-9(8(14)15)3-2-4-12(5-9)7(13)6(10)11/h6H,2-5H2,1H3,(H,14,15). The molecule has 86 valence electrons. The molecule has 0 aromatic heterocycles. The van der Waals surface area contributed by atoms with Crippen LogP contribution in [-0.2, 0) is 9.59 Å². The summed E-state index contributed by atoms with van der Waals surface area (Å²) in [4.78, 5) is 22.8. The molecule has 15 heavy (non-hydrogen) atoms. The molecule has 0 aliphatic carbocycles. The summed E-state index contributed by atoms with van der Waals surface area (Å²) >= 11 is 0. The molecular formula is C9H13F2NO3. The second-order valence-electron chi connectivity index (χ2n) is 4.03. The molecule has 0 spiro atoms. The predicted octanol–water partition coefficient (Wildman–Crippen LogP) is 0.965. The van der Waals surface area contributed by atoms with Crippen LogP contribution < -0.4 is 0 Å². The van der Waals surface area contributed by atoms with Gasteiger partial charge in [0.25, 0.3) is 5.91 Å². The molecule has 1 atom stereocenters. The fraction of sp³-hybridized carbons (Fsp3) is 0.778. The van der Waals surface area contributed by atoms with Crippen LogP contribution in [0.2, 0.25) is 0 Å². The zero-order valence-electron chi connectivity index (χ0n) is 8.37. The highest BCUT2D eigenvalue weighted by Crippen LogP contribution is 2.30. The first kappa shape index (κ1) is 11.9. The second kappa shape index (κ2) is 4.12. The van der Waals surface area contributed by atoms with Gasteiger partial charge in [0.15, 0.2) is 0 Å². The number of rotatable bonds is 2. The Labute approximate surface area is 85.9 Å². The van der Waals surface area contributed by atoms with Crippen LogP contribution in [0.4, 0.5) is 8.78 Å². The van der Waals surface area contributed by atoms with Gasteiger partial charge in [-0.15, -0.1) is 0 Å². The molecule has 1 aliphatic heterocycles. The Kier molecular flexibility index (Phi) is 3.26. The molecule has 0 aromatic carbocycles. The fourth-order valence-corrected chi connectivity index (χ4v) is 1.74. The van der Waals surface area contributed by atoms with Crippen LogP contribution in [0.1, 0.15) is 19.8 Å². The number of halogens is 2. The average Bonchev–Trinajstić information content (AvgIpc) is 2.16. The summed E-state index contributed by atoms with van der Waals surface area (Å²) in [5, 5.41) is 8.91. The van der Waals surface area contributed by atoms with Crippen molar-refractivity contribution in [3.63, 3.8) is 0 Å². The molecule has 0 saturated carbocycles. The van der Waals surface area contributed by atoms with Gasteiger partial charge in [0.1, 0.15) is 0 Å². The third-order valence-electron chi connectivity index (χ3n) is 2.71. The SMILES string of the molecule is CC1(C(=O)O)CCCN(C(=O)C(F)F)C1. The molecule has 1 N–H and O–H groups in total. The number of amides is 1. The maximum absolute atomic E-state index is 12.1. The van der Waals surface area contributed by atoms with E-state index in [-0.39, 0.29) is 13.1 Å². The Morgan fingerprint density at radius 3 is 2.53 bits per heavy atom. The number of carboxylic acids is 1. The lowest BCUT2D eigenvalue weighted by Gasteiger charge is -2.37. The minimum atomic E-state index is -3.05. The molecular weight excluding hydrogens is 208 g/mol. The summed E-state index contributed by atoms with van der Waals surface area (Å²) in [6.45, 7) is 1.55. The third-order valence-corrected chi connectivity index (χ3v) is 2.71. The van der Waals surface area contributed by atoms with Gasteiger partial charge in [-0.3, -0.25) is 9.59 Å². The van der Waals surface area contributed by atoms with Gasteiger partial charge in [-0.1, -0.05) is 0 Å². The highest BCUT2D eigenvalue weighted by atomic mass is 19.3. The molecule has 1 rings (SSSR count). The smallest absolute Gasteiger partial charge is 0.315 e. The lowest BCUT2D eigenvalue weighted by molar-refractivity contribution is -0.156. The van der Waals surface area contributed by atoms with Crippen molar-refractivity contribution in [2.75, 3.05) is 13.1 Å². The Balaban J connectivity index is 2.72. The van der Waals surface area contributed by atoms with Crippen molar-refractivity contribution in [1.29, 1.82) is 0 Å². The fourth-order valence-electron chi connectivity index (χ4n) is 1.74. The van der Waals surface area contributed by atoms with Gasteiger partial charge >= 0.3 is 12.4 Å². The minimum Gasteiger partial charge on any atom is -0.481 e. The second-order valence-corrected chi connectivity index (χ2v) is 4.03. The number of nitrogens with zero attached hydrogens (tertiary/aromatic N) is 1. The van der Waals surface area contributed by atoms with Gasteiger partial charge in [-0.05, 0) is 19.8 Å². The van der Waals surface area contributed by atoms with Crippen molar-refractivity contribution in [2.45, 2.75) is 26.2 Å². The summed E-state index contributed by atoms with van der Waals surface area (Å²) < 4.78 is 24.3. The molecule has 1 saturated heterocycles. The van der Waals surface area contributed by atoms with Crippen LogP contribution in [0.3, 0.4) is 0 Å². The Hall–Kier alpha value is -1.20. The van der Waals surface area contributed by atoms with Crippen molar-refractivity contribution in [3.05, 3.63) is 0 Å². The highest BCUT2D eigenvalue weighted by molar-refractivity contribution is 5.81. The van der Waals surface area contributed by atoms with E-state index in [9.17, 15) is 18.4 Å². The molecule has 0 bridgehead atoms. The number of carboxylic acid groups (broad SMARTS) is 1. The van der Waals surface area contributed by atoms with Gasteiger partial charge in [0.05, 0.1) is 5.41 Å². The van der Waals surface area contributed by atoms with E-state index in [4.69, 9.17) is 5.11 Å². The van der Waals surface area contributed by atoms with Gasteiger partial charge in [-0.2, -0.15) is 8.78 Å². The van der Waals surface area contributed by atoms with Crippen molar-refractivity contribution in [2.24, 2.45) is 5.41 Å². The first-order chi connectivity index (χ1) is 6.87. The maximum Gasteiger partial charge on any atom is 0.315 e. The van der Waals surface area contributed by atoms with Gasteiger partial charge in [0.2, 0.25) is 0 Å². The summed E-state index contributed by atoms with van der Waals surface area (Å²) in [5.74, 6) is -2.32. The van der Waals surface area contributed by atoms with E-state index in [1.165, 1.54) is 6.92 Å². The number of carbonyl (C=O) groups is 2. The zero-order chi connectivity index (χ0) is 11.6. The summed E-state index contributed by atoms with van der Waals surface area (Å²) in [7, 11) is 0. The van der Waals surface area contributed by atoms with E-state index in [1.54, 1.807) is 0 Å². The molecule has 0 radical (unpaired) electrons. The largest absolute Gasteiger partial charge is 0.481 e. The lowest BCUT2D eigenvalue weighted by Crippen LogP contribution is -2.50. The quantitative estimate of drug-likeness (QED) is 0.755. The number of hydrogen-bond donors (Lipinski definition) is 1. The number of aliphatic carboxylic acids is 1. The third kappa shape index (κ3) is 2.43. The molecule has 4 nitrogen and oxygen atoms in total. The van der Waals surface area contributed by atoms with Crippen LogP contribution >= 0.6 is 0 Å². The van der Waals surface area contributed by atoms with Crippen molar-refractivity contribution in [3.8, 4) is 0 Å². The van der Waals surface area contributed by atoms with E-state index in [0.29, 0.717) is 12.8 Å². The van der Waals surface area contributed by atoms with E-state index in [1.807, 2.05) is 0 Å². The van der Waals surface area contributed by atoms with E-state index >= 15 is 0 Å². The lowest BCUT2D eigenvalue weighted by atomic mass is 9.82. The highest BCUT2D eigenvalue weighted by Gasteiger charge is 2.40. The van der Waals surface area contributed by atoms with Gasteiger partial charge in [0, 0.05) is 13.1 Å². The summed E-state index contributed by atoms with van der Waals surface area (Å²) in [5.41, 5.74) is -1.09. The normalized spacial score (nSPS) is 26.8. The molecule has 1 heterocycles. The van der Waals surface area contributed by atoms with Crippen LogP contribution in [0.5, 0.6) is 0 Å². The molecule has 0 aromatic rings. The van der Waals surface area contributed by atoms with E-state index < -0.39 is 23.7 Å². The predicted molar refractivity (Wildman–Crippen MR) is 47.6 cm³/mol. The number of likely N-dealkylation sites (tertiary alicyclic amines) is 1. The van der Waals surface area contributed by atoms with Crippen LogP contribution in [-0.4, -0.2) is 41.4 Å². The first-order valence-corrected chi connectivity index (χ1v) is 4.67. The van der Waals surface area contributed by atoms with Gasteiger partial charge in [-0.25, -0.2) is 0 Å². The van der Waals surface area contributed by atoms with Crippen LogP contribution in [0.15, 0.2) is 0 Å². The van der Waals surface area contributed by atoms with Crippen LogP contribution in [0, 0.1) is 5.41 Å². The monoisotopic (exact) mass is 221 g/mol. The maximum atomic E-state index is 12.1. The number of piperidine rings is 1. The molecule has 6 heteroatoms. The van der Waals surface area contributed by atoms with Gasteiger partial charge < -0.3 is 10.0 Å². The number of hydrogen-bond acceptors (Lipinski definition) is 2. The molecule has 1 aliphatic rings. The Morgan fingerprint density at radius 2 is 2.07 bits per heavy atom. The van der Waals surface area contributed by atoms with E-state index in [0.717, 1.165) is 4.90 Å². The summed E-state index contributed by atoms with van der Waals surface area (Å²) in [6.07, 6.45) is -2.20. The Bertz CT molecular complexity index is 283. The van der Waals surface area contributed by atoms with E-state index in [2.05, 4.69) is 0 Å². The molecule has 1 amide bonds. The number of carbonyl (C=O) groups excluding carboxylic acids is 1.